The highest BCUT2D eigenvalue weighted by Gasteiger charge is 2.10. The lowest BCUT2D eigenvalue weighted by atomic mass is 10.1. The van der Waals surface area contributed by atoms with Gasteiger partial charge in [-0.05, 0) is 29.3 Å². The number of nitrogens with zero attached hydrogens (tertiary/aromatic N) is 1. The van der Waals surface area contributed by atoms with Crippen LogP contribution in [0.25, 0.3) is 10.8 Å². The van der Waals surface area contributed by atoms with Gasteiger partial charge in [-0.1, -0.05) is 30.3 Å². The predicted molar refractivity (Wildman–Crippen MR) is 89.2 cm³/mol. The largest absolute Gasteiger partial charge is 0.481 e. The van der Waals surface area contributed by atoms with Crippen LogP contribution in [0.4, 0.5) is 0 Å². The van der Waals surface area contributed by atoms with Crippen LogP contribution in [0.15, 0.2) is 47.4 Å². The molecule has 0 radical (unpaired) electrons. The van der Waals surface area contributed by atoms with Crippen molar-refractivity contribution in [3.05, 3.63) is 42.5 Å². The van der Waals surface area contributed by atoms with E-state index in [0.29, 0.717) is 18.7 Å². The fourth-order valence-electron chi connectivity index (χ4n) is 2.10. The quantitative estimate of drug-likeness (QED) is 0.796. The van der Waals surface area contributed by atoms with Gasteiger partial charge in [-0.3, -0.25) is 9.59 Å². The van der Waals surface area contributed by atoms with Gasteiger partial charge in [0.1, 0.15) is 0 Å². The summed E-state index contributed by atoms with van der Waals surface area (Å²) in [6, 6.07) is 14.3. The van der Waals surface area contributed by atoms with Crippen LogP contribution in [0.2, 0.25) is 0 Å². The van der Waals surface area contributed by atoms with Crippen molar-refractivity contribution in [2.75, 3.05) is 19.3 Å². The molecule has 2 rings (SSSR count). The minimum Gasteiger partial charge on any atom is -0.481 e. The number of carbonyl (C=O) groups is 2. The maximum absolute atomic E-state index is 12.0. The van der Waals surface area contributed by atoms with Gasteiger partial charge in [-0.25, -0.2) is 0 Å². The van der Waals surface area contributed by atoms with E-state index in [-0.39, 0.29) is 12.3 Å². The SMILES string of the molecule is CN(CCCC(=O)O)C(=O)CSc1ccc2ccccc2c1. The Morgan fingerprint density at radius 3 is 2.59 bits per heavy atom. The molecule has 116 valence electrons. The van der Waals surface area contributed by atoms with E-state index in [9.17, 15) is 9.59 Å². The maximum atomic E-state index is 12.0. The number of thioether (sulfide) groups is 1. The monoisotopic (exact) mass is 317 g/mol. The molecule has 0 aromatic heterocycles. The molecule has 0 atom stereocenters. The van der Waals surface area contributed by atoms with E-state index in [1.807, 2.05) is 18.2 Å². The minimum absolute atomic E-state index is 0.0172. The summed E-state index contributed by atoms with van der Waals surface area (Å²) >= 11 is 1.50. The normalized spacial score (nSPS) is 10.6. The van der Waals surface area contributed by atoms with Gasteiger partial charge in [0.25, 0.3) is 0 Å². The van der Waals surface area contributed by atoms with Gasteiger partial charge < -0.3 is 10.0 Å². The van der Waals surface area contributed by atoms with Crippen molar-refractivity contribution in [1.29, 1.82) is 0 Å². The maximum Gasteiger partial charge on any atom is 0.303 e. The van der Waals surface area contributed by atoms with Crippen LogP contribution < -0.4 is 0 Å². The molecule has 5 heteroatoms. The van der Waals surface area contributed by atoms with E-state index in [0.717, 1.165) is 10.3 Å². The first kappa shape index (κ1) is 16.4. The van der Waals surface area contributed by atoms with Gasteiger partial charge in [-0.15, -0.1) is 11.8 Å². The molecule has 0 fully saturated rings. The second-order valence-corrected chi connectivity index (χ2v) is 6.16. The zero-order valence-corrected chi connectivity index (χ0v) is 13.3. The molecule has 0 bridgehead atoms. The van der Waals surface area contributed by atoms with Crippen molar-refractivity contribution < 1.29 is 14.7 Å². The number of hydrogen-bond donors (Lipinski definition) is 1. The third-order valence-electron chi connectivity index (χ3n) is 3.39. The molecule has 0 saturated carbocycles. The minimum atomic E-state index is -0.827. The zero-order chi connectivity index (χ0) is 15.9. The molecule has 0 spiro atoms. The Morgan fingerprint density at radius 1 is 1.14 bits per heavy atom. The van der Waals surface area contributed by atoms with Crippen molar-refractivity contribution in [3.63, 3.8) is 0 Å². The molecule has 0 heterocycles. The number of aliphatic carboxylic acids is 1. The number of benzene rings is 2. The fourth-order valence-corrected chi connectivity index (χ4v) is 2.99. The van der Waals surface area contributed by atoms with Crippen LogP contribution in [0.3, 0.4) is 0 Å². The topological polar surface area (TPSA) is 57.6 Å². The van der Waals surface area contributed by atoms with E-state index in [2.05, 4.69) is 24.3 Å². The number of rotatable bonds is 7. The number of carboxylic acid groups (broad SMARTS) is 1. The Morgan fingerprint density at radius 2 is 1.86 bits per heavy atom. The standard InChI is InChI=1S/C17H19NO3S/c1-18(10-4-7-17(20)21)16(19)12-22-15-9-8-13-5-2-3-6-14(13)11-15/h2-3,5-6,8-9,11H,4,7,10,12H2,1H3,(H,20,21). The number of carboxylic acids is 1. The molecule has 0 saturated heterocycles. The average Bonchev–Trinajstić information content (AvgIpc) is 2.51. The van der Waals surface area contributed by atoms with E-state index >= 15 is 0 Å². The first-order chi connectivity index (χ1) is 10.6. The van der Waals surface area contributed by atoms with E-state index in [1.165, 1.54) is 17.1 Å². The van der Waals surface area contributed by atoms with E-state index in [1.54, 1.807) is 11.9 Å². The number of amides is 1. The molecular formula is C17H19NO3S. The van der Waals surface area contributed by atoms with Gasteiger partial charge in [0.15, 0.2) is 0 Å². The number of carbonyl (C=O) groups excluding carboxylic acids is 1. The summed E-state index contributed by atoms with van der Waals surface area (Å²) in [6.45, 7) is 0.476. The van der Waals surface area contributed by atoms with Crippen molar-refractivity contribution in [2.24, 2.45) is 0 Å². The van der Waals surface area contributed by atoms with Gasteiger partial charge in [0, 0.05) is 24.9 Å². The Hall–Kier alpha value is -2.01. The third kappa shape index (κ3) is 4.77. The van der Waals surface area contributed by atoms with E-state index < -0.39 is 5.97 Å². The molecule has 0 aliphatic heterocycles. The summed E-state index contributed by atoms with van der Waals surface area (Å²) < 4.78 is 0. The zero-order valence-electron chi connectivity index (χ0n) is 12.5. The third-order valence-corrected chi connectivity index (χ3v) is 4.37. The molecule has 0 aliphatic carbocycles. The summed E-state index contributed by atoms with van der Waals surface area (Å²) in [5.41, 5.74) is 0. The Bertz CT molecular complexity index is 672. The molecule has 22 heavy (non-hydrogen) atoms. The summed E-state index contributed by atoms with van der Waals surface area (Å²) in [4.78, 5) is 25.1. The Labute approximate surface area is 134 Å². The van der Waals surface area contributed by atoms with Crippen LogP contribution in [-0.2, 0) is 9.59 Å². The molecule has 0 aliphatic rings. The molecule has 2 aromatic rings. The average molecular weight is 317 g/mol. The molecule has 2 aromatic carbocycles. The lowest BCUT2D eigenvalue weighted by Crippen LogP contribution is -2.29. The predicted octanol–water partition coefficient (Wildman–Crippen LogP) is 3.26. The van der Waals surface area contributed by atoms with Gasteiger partial charge >= 0.3 is 5.97 Å². The fraction of sp³-hybridized carbons (Fsp3) is 0.294. The van der Waals surface area contributed by atoms with Crippen LogP contribution >= 0.6 is 11.8 Å². The number of fused-ring (bicyclic) bond motifs is 1. The molecule has 1 amide bonds. The molecular weight excluding hydrogens is 298 g/mol. The molecule has 0 unspecified atom stereocenters. The first-order valence-electron chi connectivity index (χ1n) is 7.13. The van der Waals surface area contributed by atoms with Gasteiger partial charge in [-0.2, -0.15) is 0 Å². The first-order valence-corrected chi connectivity index (χ1v) is 8.12. The Balaban J connectivity index is 1.85. The number of hydrogen-bond acceptors (Lipinski definition) is 3. The second-order valence-electron chi connectivity index (χ2n) is 5.11. The van der Waals surface area contributed by atoms with Crippen molar-refractivity contribution in [3.8, 4) is 0 Å². The summed E-state index contributed by atoms with van der Waals surface area (Å²) in [7, 11) is 1.71. The lowest BCUT2D eigenvalue weighted by Gasteiger charge is -2.16. The second kappa shape index (κ2) is 7.84. The summed E-state index contributed by atoms with van der Waals surface area (Å²) in [5, 5.41) is 10.9. The van der Waals surface area contributed by atoms with Crippen LogP contribution in [0, 0.1) is 0 Å². The molecule has 1 N–H and O–H groups in total. The van der Waals surface area contributed by atoms with Gasteiger partial charge in [0.05, 0.1) is 5.75 Å². The van der Waals surface area contributed by atoms with Gasteiger partial charge in [0.2, 0.25) is 5.91 Å². The van der Waals surface area contributed by atoms with Crippen LogP contribution in [0.1, 0.15) is 12.8 Å². The Kier molecular flexibility index (Phi) is 5.83. The lowest BCUT2D eigenvalue weighted by molar-refractivity contribution is -0.137. The van der Waals surface area contributed by atoms with Crippen LogP contribution in [-0.4, -0.2) is 41.2 Å². The highest BCUT2D eigenvalue weighted by atomic mass is 32.2. The molecule has 4 nitrogen and oxygen atoms in total. The summed E-state index contributed by atoms with van der Waals surface area (Å²) in [5.74, 6) is -0.447. The van der Waals surface area contributed by atoms with Crippen LogP contribution in [0.5, 0.6) is 0 Å². The van der Waals surface area contributed by atoms with Crippen molar-refractivity contribution in [1.82, 2.24) is 4.90 Å². The van der Waals surface area contributed by atoms with Crippen molar-refractivity contribution in [2.45, 2.75) is 17.7 Å². The van der Waals surface area contributed by atoms with Crippen molar-refractivity contribution >= 4 is 34.4 Å². The summed E-state index contributed by atoms with van der Waals surface area (Å²) in [6.07, 6.45) is 0.577. The smallest absolute Gasteiger partial charge is 0.303 e. The van der Waals surface area contributed by atoms with E-state index in [4.69, 9.17) is 5.11 Å². The highest BCUT2D eigenvalue weighted by Crippen LogP contribution is 2.23. The highest BCUT2D eigenvalue weighted by molar-refractivity contribution is 8.00.